The molecular weight excluding hydrogens is 238 g/mol. The zero-order valence-electron chi connectivity index (χ0n) is 12.9. The van der Waals surface area contributed by atoms with E-state index in [0.717, 1.165) is 24.7 Å². The summed E-state index contributed by atoms with van der Waals surface area (Å²) in [6, 6.07) is 1.99. The number of ether oxygens (including phenoxy) is 1. The minimum atomic E-state index is -0.162. The van der Waals surface area contributed by atoms with Crippen molar-refractivity contribution in [3.63, 3.8) is 0 Å². The molecule has 0 radical (unpaired) electrons. The molecule has 4 nitrogen and oxygen atoms in total. The van der Waals surface area contributed by atoms with E-state index in [-0.39, 0.29) is 11.2 Å². The summed E-state index contributed by atoms with van der Waals surface area (Å²) in [6.07, 6.45) is 1.85. The van der Waals surface area contributed by atoms with Gasteiger partial charge in [0.15, 0.2) is 0 Å². The fourth-order valence-electron chi connectivity index (χ4n) is 2.77. The van der Waals surface area contributed by atoms with Gasteiger partial charge in [0, 0.05) is 25.2 Å². The summed E-state index contributed by atoms with van der Waals surface area (Å²) in [5, 5.41) is 0. The number of aromatic nitrogens is 2. The van der Waals surface area contributed by atoms with E-state index in [4.69, 9.17) is 4.74 Å². The molecule has 1 aromatic heterocycles. The van der Waals surface area contributed by atoms with E-state index in [0.29, 0.717) is 5.92 Å². The highest BCUT2D eigenvalue weighted by Crippen LogP contribution is 2.30. The summed E-state index contributed by atoms with van der Waals surface area (Å²) in [5.41, 5.74) is -0.324. The first kappa shape index (κ1) is 14.3. The van der Waals surface area contributed by atoms with Crippen LogP contribution in [0, 0.1) is 0 Å². The minimum Gasteiger partial charge on any atom is -0.366 e. The molecule has 1 fully saturated rings. The van der Waals surface area contributed by atoms with Gasteiger partial charge in [-0.25, -0.2) is 9.97 Å². The standard InChI is InChI=1S/C15H25N3O/c1-11(2)13-16-8-7-12(17-13)18-9-14(3,4)19-15(5,6)10-18/h7-8,11H,9-10H2,1-6H3. The molecule has 4 heteroatoms. The van der Waals surface area contributed by atoms with Crippen molar-refractivity contribution in [2.24, 2.45) is 0 Å². The molecule has 1 aromatic rings. The van der Waals surface area contributed by atoms with Gasteiger partial charge in [-0.2, -0.15) is 0 Å². The Bertz CT molecular complexity index is 438. The maximum Gasteiger partial charge on any atom is 0.133 e. The first-order chi connectivity index (χ1) is 8.69. The van der Waals surface area contributed by atoms with Crippen molar-refractivity contribution in [2.75, 3.05) is 18.0 Å². The molecule has 0 spiro atoms. The fraction of sp³-hybridized carbons (Fsp3) is 0.733. The SMILES string of the molecule is CC(C)c1nccc(N2CC(C)(C)OC(C)(C)C2)n1. The minimum absolute atomic E-state index is 0.162. The third-order valence-electron chi connectivity index (χ3n) is 3.20. The molecule has 0 unspecified atom stereocenters. The highest BCUT2D eigenvalue weighted by molar-refractivity contribution is 5.39. The second-order valence-corrected chi connectivity index (χ2v) is 6.91. The van der Waals surface area contributed by atoms with E-state index in [2.05, 4.69) is 56.4 Å². The number of nitrogens with zero attached hydrogens (tertiary/aromatic N) is 3. The Morgan fingerprint density at radius 1 is 1.16 bits per heavy atom. The lowest BCUT2D eigenvalue weighted by Crippen LogP contribution is -2.57. The predicted molar refractivity (Wildman–Crippen MR) is 77.6 cm³/mol. The third kappa shape index (κ3) is 3.44. The van der Waals surface area contributed by atoms with E-state index in [1.807, 2.05) is 12.3 Å². The number of rotatable bonds is 2. The van der Waals surface area contributed by atoms with Gasteiger partial charge >= 0.3 is 0 Å². The van der Waals surface area contributed by atoms with Crippen LogP contribution < -0.4 is 4.90 Å². The van der Waals surface area contributed by atoms with Gasteiger partial charge in [-0.1, -0.05) is 13.8 Å². The Morgan fingerprint density at radius 3 is 2.26 bits per heavy atom. The Labute approximate surface area is 116 Å². The Morgan fingerprint density at radius 2 is 1.74 bits per heavy atom. The van der Waals surface area contributed by atoms with Crippen molar-refractivity contribution in [3.8, 4) is 0 Å². The van der Waals surface area contributed by atoms with Crippen LogP contribution in [0.3, 0.4) is 0 Å². The van der Waals surface area contributed by atoms with Crippen molar-refractivity contribution in [2.45, 2.75) is 58.7 Å². The van der Waals surface area contributed by atoms with E-state index in [9.17, 15) is 0 Å². The molecule has 0 aliphatic carbocycles. The molecule has 2 rings (SSSR count). The third-order valence-corrected chi connectivity index (χ3v) is 3.20. The van der Waals surface area contributed by atoms with Crippen molar-refractivity contribution in [3.05, 3.63) is 18.1 Å². The van der Waals surface area contributed by atoms with Gasteiger partial charge in [0.2, 0.25) is 0 Å². The zero-order chi connectivity index (χ0) is 14.3. The van der Waals surface area contributed by atoms with Gasteiger partial charge in [0.05, 0.1) is 11.2 Å². The molecule has 1 aliphatic rings. The molecule has 106 valence electrons. The summed E-state index contributed by atoms with van der Waals surface area (Å²) < 4.78 is 6.11. The molecule has 0 atom stereocenters. The fourth-order valence-corrected chi connectivity index (χ4v) is 2.77. The molecular formula is C15H25N3O. The second kappa shape index (κ2) is 4.75. The van der Waals surface area contributed by atoms with Gasteiger partial charge < -0.3 is 9.64 Å². The van der Waals surface area contributed by atoms with Crippen LogP contribution in [0.2, 0.25) is 0 Å². The summed E-state index contributed by atoms with van der Waals surface area (Å²) in [4.78, 5) is 11.3. The summed E-state index contributed by atoms with van der Waals surface area (Å²) in [5.74, 6) is 2.25. The van der Waals surface area contributed by atoms with Crippen LogP contribution >= 0.6 is 0 Å². The van der Waals surface area contributed by atoms with Gasteiger partial charge in [-0.05, 0) is 33.8 Å². The van der Waals surface area contributed by atoms with E-state index < -0.39 is 0 Å². The lowest BCUT2D eigenvalue weighted by molar-refractivity contribution is -0.133. The Hall–Kier alpha value is -1.16. The molecule has 0 aromatic carbocycles. The molecule has 0 bridgehead atoms. The van der Waals surface area contributed by atoms with Crippen LogP contribution in [-0.2, 0) is 4.74 Å². The van der Waals surface area contributed by atoms with Crippen molar-refractivity contribution in [1.82, 2.24) is 9.97 Å². The first-order valence-electron chi connectivity index (χ1n) is 6.97. The second-order valence-electron chi connectivity index (χ2n) is 6.91. The maximum absolute atomic E-state index is 6.11. The largest absolute Gasteiger partial charge is 0.366 e. The number of anilines is 1. The van der Waals surface area contributed by atoms with E-state index in [1.165, 1.54) is 0 Å². The van der Waals surface area contributed by atoms with Crippen LogP contribution in [0.25, 0.3) is 0 Å². The molecule has 0 saturated carbocycles. The van der Waals surface area contributed by atoms with Crippen molar-refractivity contribution < 1.29 is 4.74 Å². The number of morpholine rings is 1. The number of hydrogen-bond acceptors (Lipinski definition) is 4. The molecule has 19 heavy (non-hydrogen) atoms. The van der Waals surface area contributed by atoms with Gasteiger partial charge in [0.25, 0.3) is 0 Å². The summed E-state index contributed by atoms with van der Waals surface area (Å²) in [6.45, 7) is 14.5. The summed E-state index contributed by atoms with van der Waals surface area (Å²) >= 11 is 0. The van der Waals surface area contributed by atoms with Crippen molar-refractivity contribution >= 4 is 5.82 Å². The van der Waals surface area contributed by atoms with Crippen LogP contribution in [0.5, 0.6) is 0 Å². The average Bonchev–Trinajstić information content (AvgIpc) is 2.25. The lowest BCUT2D eigenvalue weighted by Gasteiger charge is -2.47. The van der Waals surface area contributed by atoms with Gasteiger partial charge in [-0.15, -0.1) is 0 Å². The zero-order valence-corrected chi connectivity index (χ0v) is 12.9. The Balaban J connectivity index is 2.28. The molecule has 0 amide bonds. The van der Waals surface area contributed by atoms with E-state index in [1.54, 1.807) is 0 Å². The highest BCUT2D eigenvalue weighted by atomic mass is 16.5. The van der Waals surface area contributed by atoms with Crippen LogP contribution in [0.1, 0.15) is 53.3 Å². The topological polar surface area (TPSA) is 38.2 Å². The van der Waals surface area contributed by atoms with Gasteiger partial charge in [-0.3, -0.25) is 0 Å². The smallest absolute Gasteiger partial charge is 0.133 e. The molecule has 2 heterocycles. The average molecular weight is 263 g/mol. The monoisotopic (exact) mass is 263 g/mol. The lowest BCUT2D eigenvalue weighted by atomic mass is 9.99. The molecule has 1 aliphatic heterocycles. The van der Waals surface area contributed by atoms with Crippen molar-refractivity contribution in [1.29, 1.82) is 0 Å². The predicted octanol–water partition coefficient (Wildman–Crippen LogP) is 2.99. The first-order valence-corrected chi connectivity index (χ1v) is 6.97. The quantitative estimate of drug-likeness (QED) is 0.822. The summed E-state index contributed by atoms with van der Waals surface area (Å²) in [7, 11) is 0. The molecule has 0 N–H and O–H groups in total. The maximum atomic E-state index is 6.11. The highest BCUT2D eigenvalue weighted by Gasteiger charge is 2.38. The van der Waals surface area contributed by atoms with Gasteiger partial charge in [0.1, 0.15) is 11.6 Å². The number of hydrogen-bond donors (Lipinski definition) is 0. The van der Waals surface area contributed by atoms with Crippen LogP contribution in [0.4, 0.5) is 5.82 Å². The van der Waals surface area contributed by atoms with Crippen LogP contribution in [0.15, 0.2) is 12.3 Å². The Kier molecular flexibility index (Phi) is 3.56. The van der Waals surface area contributed by atoms with E-state index >= 15 is 0 Å². The normalized spacial score (nSPS) is 21.7. The molecule has 1 saturated heterocycles. The van der Waals surface area contributed by atoms with Crippen LogP contribution in [-0.4, -0.2) is 34.3 Å².